The van der Waals surface area contributed by atoms with Crippen LogP contribution in [0.1, 0.15) is 15.9 Å². The minimum absolute atomic E-state index is 0.0262. The number of amides is 1. The van der Waals surface area contributed by atoms with E-state index in [0.717, 1.165) is 11.1 Å². The maximum Gasteiger partial charge on any atom is 0.335 e. The second-order valence-electron chi connectivity index (χ2n) is 5.35. The van der Waals surface area contributed by atoms with Gasteiger partial charge >= 0.3 is 5.97 Å². The quantitative estimate of drug-likeness (QED) is 0.635. The van der Waals surface area contributed by atoms with Crippen molar-refractivity contribution in [2.45, 2.75) is 5.50 Å². The van der Waals surface area contributed by atoms with Gasteiger partial charge in [0.05, 0.1) is 11.3 Å². The molecular formula is C18H13N3O3S. The smallest absolute Gasteiger partial charge is 0.335 e. The lowest BCUT2D eigenvalue weighted by molar-refractivity contribution is -0.117. The zero-order chi connectivity index (χ0) is 18.0. The van der Waals surface area contributed by atoms with E-state index in [2.05, 4.69) is 23.3 Å². The predicted octanol–water partition coefficient (Wildman–Crippen LogP) is 2.22. The lowest BCUT2D eigenvalue weighted by Gasteiger charge is -2.25. The number of nitrogens with zero attached hydrogens (tertiary/aromatic N) is 1. The molecular weight excluding hydrogens is 338 g/mol. The summed E-state index contributed by atoms with van der Waals surface area (Å²) in [6.07, 6.45) is 0. The van der Waals surface area contributed by atoms with Gasteiger partial charge in [0.25, 0.3) is 5.91 Å². The van der Waals surface area contributed by atoms with E-state index >= 15 is 0 Å². The normalized spacial score (nSPS) is 16.6. The van der Waals surface area contributed by atoms with Gasteiger partial charge in [0.2, 0.25) is 0 Å². The minimum atomic E-state index is -1.00. The maximum absolute atomic E-state index is 11.9. The second-order valence-corrected chi connectivity index (χ2v) is 5.87. The summed E-state index contributed by atoms with van der Waals surface area (Å²) in [5.41, 5.74) is 2.09. The second kappa shape index (κ2) is 6.71. The molecule has 1 amide bonds. The third kappa shape index (κ3) is 3.34. The molecule has 0 saturated carbocycles. The van der Waals surface area contributed by atoms with Gasteiger partial charge in [0.1, 0.15) is 17.1 Å². The van der Waals surface area contributed by atoms with Crippen molar-refractivity contribution in [3.63, 3.8) is 0 Å². The lowest BCUT2D eigenvalue weighted by atomic mass is 9.98. The summed E-state index contributed by atoms with van der Waals surface area (Å²) < 4.78 is 0. The highest BCUT2D eigenvalue weighted by Gasteiger charge is 2.25. The number of benzene rings is 2. The van der Waals surface area contributed by atoms with E-state index in [1.807, 2.05) is 12.1 Å². The number of hydrogen-bond donors (Lipinski definition) is 4. The van der Waals surface area contributed by atoms with E-state index in [9.17, 15) is 14.9 Å². The number of nitrogens with one attached hydrogen (secondary N) is 2. The zero-order valence-corrected chi connectivity index (χ0v) is 13.7. The molecule has 25 heavy (non-hydrogen) atoms. The molecule has 1 atom stereocenters. The van der Waals surface area contributed by atoms with Crippen molar-refractivity contribution < 1.29 is 14.7 Å². The van der Waals surface area contributed by atoms with Gasteiger partial charge in [0, 0.05) is 0 Å². The number of nitriles is 1. The van der Waals surface area contributed by atoms with Gasteiger partial charge in [-0.15, -0.1) is 12.6 Å². The van der Waals surface area contributed by atoms with Crippen molar-refractivity contribution in [3.8, 4) is 17.2 Å². The van der Waals surface area contributed by atoms with Crippen LogP contribution in [0.4, 0.5) is 0 Å². The molecule has 1 unspecified atom stereocenters. The van der Waals surface area contributed by atoms with Crippen LogP contribution in [0, 0.1) is 11.3 Å². The average molecular weight is 351 g/mol. The van der Waals surface area contributed by atoms with E-state index in [1.165, 1.54) is 6.07 Å². The van der Waals surface area contributed by atoms with Gasteiger partial charge in [-0.2, -0.15) is 5.26 Å². The molecule has 6 nitrogen and oxygen atoms in total. The lowest BCUT2D eigenvalue weighted by Crippen LogP contribution is -2.46. The molecule has 0 aromatic heterocycles. The first kappa shape index (κ1) is 16.6. The van der Waals surface area contributed by atoms with Crippen LogP contribution in [0.3, 0.4) is 0 Å². The summed E-state index contributed by atoms with van der Waals surface area (Å²) in [7, 11) is 0. The topological polar surface area (TPSA) is 102 Å². The van der Waals surface area contributed by atoms with Crippen LogP contribution in [0.5, 0.6) is 0 Å². The summed E-state index contributed by atoms with van der Waals surface area (Å²) in [4.78, 5) is 23.1. The van der Waals surface area contributed by atoms with Gasteiger partial charge in [-0.05, 0) is 34.9 Å². The molecule has 0 radical (unpaired) electrons. The fourth-order valence-corrected chi connectivity index (χ4v) is 2.82. The van der Waals surface area contributed by atoms with Crippen molar-refractivity contribution in [1.29, 1.82) is 5.26 Å². The van der Waals surface area contributed by atoms with Crippen LogP contribution in [0.15, 0.2) is 54.1 Å². The number of rotatable bonds is 3. The highest BCUT2D eigenvalue weighted by Crippen LogP contribution is 2.26. The van der Waals surface area contributed by atoms with E-state index in [-0.39, 0.29) is 11.1 Å². The van der Waals surface area contributed by atoms with Crippen LogP contribution >= 0.6 is 12.6 Å². The van der Waals surface area contributed by atoms with Gasteiger partial charge in [-0.1, -0.05) is 30.3 Å². The van der Waals surface area contributed by atoms with Gasteiger partial charge in [0.15, 0.2) is 0 Å². The van der Waals surface area contributed by atoms with Crippen LogP contribution in [-0.4, -0.2) is 22.5 Å². The van der Waals surface area contributed by atoms with Crippen LogP contribution in [0.25, 0.3) is 16.8 Å². The number of carbonyl (C=O) groups is 2. The maximum atomic E-state index is 11.9. The van der Waals surface area contributed by atoms with Crippen molar-refractivity contribution in [3.05, 3.63) is 65.2 Å². The Labute approximate surface area is 149 Å². The third-order valence-electron chi connectivity index (χ3n) is 3.73. The molecule has 0 aliphatic carbocycles. The largest absolute Gasteiger partial charge is 0.478 e. The van der Waals surface area contributed by atoms with E-state index in [0.29, 0.717) is 11.3 Å². The summed E-state index contributed by atoms with van der Waals surface area (Å²) in [5, 5.41) is 23.9. The first-order valence-electron chi connectivity index (χ1n) is 7.33. The highest BCUT2D eigenvalue weighted by atomic mass is 32.1. The molecule has 0 spiro atoms. The third-order valence-corrected chi connectivity index (χ3v) is 3.99. The average Bonchev–Trinajstić information content (AvgIpc) is 2.61. The number of aromatic carboxylic acids is 1. The molecule has 0 bridgehead atoms. The Morgan fingerprint density at radius 2 is 1.72 bits per heavy atom. The molecule has 2 aromatic carbocycles. The van der Waals surface area contributed by atoms with Crippen molar-refractivity contribution in [1.82, 2.24) is 10.6 Å². The molecule has 1 aliphatic heterocycles. The molecule has 7 heteroatoms. The molecule has 3 N–H and O–H groups in total. The number of carbonyl (C=O) groups excluding carboxylic acids is 1. The Morgan fingerprint density at radius 1 is 1.08 bits per heavy atom. The van der Waals surface area contributed by atoms with Crippen LogP contribution in [-0.2, 0) is 4.79 Å². The Balaban J connectivity index is 2.08. The number of hydrogen-bond acceptors (Lipinski definition) is 5. The molecule has 124 valence electrons. The minimum Gasteiger partial charge on any atom is -0.478 e. The monoisotopic (exact) mass is 351 g/mol. The fraction of sp³-hybridized carbons (Fsp3) is 0.0556. The van der Waals surface area contributed by atoms with Gasteiger partial charge < -0.3 is 15.7 Å². The predicted molar refractivity (Wildman–Crippen MR) is 95.4 cm³/mol. The molecule has 0 fully saturated rings. The molecule has 1 heterocycles. The SMILES string of the molecule is N#CC1=C(c2cccc(-c3cccc(C(=O)O)c3)c2)NC(S)NC1=O. The molecule has 2 aromatic rings. The van der Waals surface area contributed by atoms with Gasteiger partial charge in [-0.25, -0.2) is 4.79 Å². The summed E-state index contributed by atoms with van der Waals surface area (Å²) in [6.45, 7) is 0. The number of carboxylic acid groups (broad SMARTS) is 1. The van der Waals surface area contributed by atoms with E-state index in [4.69, 9.17) is 5.11 Å². The van der Waals surface area contributed by atoms with Crippen molar-refractivity contribution in [2.24, 2.45) is 0 Å². The standard InChI is InChI=1S/C18H13N3O3S/c19-9-14-15(20-18(25)21-16(14)22)12-5-1-3-10(7-12)11-4-2-6-13(8-11)17(23)24/h1-8,18,20,25H,(H,21,22)(H,23,24). The van der Waals surface area contributed by atoms with E-state index in [1.54, 1.807) is 36.4 Å². The molecule has 3 rings (SSSR count). The first-order valence-corrected chi connectivity index (χ1v) is 7.85. The van der Waals surface area contributed by atoms with Crippen molar-refractivity contribution >= 4 is 30.2 Å². The van der Waals surface area contributed by atoms with E-state index < -0.39 is 17.4 Å². The van der Waals surface area contributed by atoms with Crippen LogP contribution in [0.2, 0.25) is 0 Å². The Hall–Kier alpha value is -3.24. The van der Waals surface area contributed by atoms with Crippen LogP contribution < -0.4 is 10.6 Å². The number of thiol groups is 1. The van der Waals surface area contributed by atoms with Gasteiger partial charge in [-0.3, -0.25) is 4.79 Å². The Kier molecular flexibility index (Phi) is 4.46. The fourth-order valence-electron chi connectivity index (χ4n) is 2.58. The van der Waals surface area contributed by atoms with Crippen molar-refractivity contribution in [2.75, 3.05) is 0 Å². The Bertz CT molecular complexity index is 947. The summed E-state index contributed by atoms with van der Waals surface area (Å²) >= 11 is 4.19. The first-order chi connectivity index (χ1) is 12.0. The summed E-state index contributed by atoms with van der Waals surface area (Å²) in [5.74, 6) is -1.49. The number of carboxylic acids is 1. The Morgan fingerprint density at radius 3 is 2.40 bits per heavy atom. The molecule has 0 saturated heterocycles. The molecule has 1 aliphatic rings. The zero-order valence-electron chi connectivity index (χ0n) is 12.9. The summed E-state index contributed by atoms with van der Waals surface area (Å²) in [6, 6.07) is 15.6. The highest BCUT2D eigenvalue weighted by molar-refractivity contribution is 7.80.